The average molecular weight is 296 g/mol. The summed E-state index contributed by atoms with van der Waals surface area (Å²) < 4.78 is 25.9. The van der Waals surface area contributed by atoms with Gasteiger partial charge in [0.05, 0.1) is 6.54 Å². The molecule has 2 N–H and O–H groups in total. The third-order valence-electron chi connectivity index (χ3n) is 2.51. The Morgan fingerprint density at radius 3 is 2.43 bits per heavy atom. The van der Waals surface area contributed by atoms with Crippen molar-refractivity contribution < 1.29 is 23.5 Å². The second kappa shape index (κ2) is 7.85. The summed E-state index contributed by atoms with van der Waals surface area (Å²) in [7, 11) is 0. The van der Waals surface area contributed by atoms with Crippen molar-refractivity contribution in [3.63, 3.8) is 0 Å². The number of urea groups is 1. The van der Waals surface area contributed by atoms with Crippen LogP contribution in [0, 0.1) is 24.0 Å². The van der Waals surface area contributed by atoms with E-state index >= 15 is 0 Å². The van der Waals surface area contributed by atoms with E-state index in [0.29, 0.717) is 5.56 Å². The predicted octanol–water partition coefficient (Wildman–Crippen LogP) is 1.24. The third kappa shape index (κ3) is 5.91. The van der Waals surface area contributed by atoms with Gasteiger partial charge in [-0.3, -0.25) is 4.79 Å². The molecule has 0 atom stereocenters. The summed E-state index contributed by atoms with van der Waals surface area (Å²) in [6.07, 6.45) is 5.25. The largest absolute Gasteiger partial charge is 0.480 e. The smallest absolute Gasteiger partial charge is 0.323 e. The molecule has 2 amide bonds. The fourth-order valence-electron chi connectivity index (χ4n) is 1.65. The van der Waals surface area contributed by atoms with Gasteiger partial charge in [-0.25, -0.2) is 13.6 Å². The maximum absolute atomic E-state index is 13.0. The van der Waals surface area contributed by atoms with E-state index in [-0.39, 0.29) is 19.5 Å². The van der Waals surface area contributed by atoms with Gasteiger partial charge >= 0.3 is 12.0 Å². The maximum Gasteiger partial charge on any atom is 0.323 e. The highest BCUT2D eigenvalue weighted by atomic mass is 19.1. The summed E-state index contributed by atoms with van der Waals surface area (Å²) in [6.45, 7) is -0.570. The lowest BCUT2D eigenvalue weighted by Crippen LogP contribution is -2.43. The monoisotopic (exact) mass is 296 g/mol. The van der Waals surface area contributed by atoms with Crippen molar-refractivity contribution in [1.82, 2.24) is 10.2 Å². The third-order valence-corrected chi connectivity index (χ3v) is 2.51. The lowest BCUT2D eigenvalue weighted by Gasteiger charge is -2.18. The molecule has 0 saturated heterocycles. The molecule has 0 saturated carbocycles. The van der Waals surface area contributed by atoms with E-state index in [1.165, 1.54) is 0 Å². The van der Waals surface area contributed by atoms with Crippen LogP contribution < -0.4 is 5.32 Å². The lowest BCUT2D eigenvalue weighted by molar-refractivity contribution is -0.137. The van der Waals surface area contributed by atoms with Crippen LogP contribution in [0.1, 0.15) is 5.56 Å². The minimum absolute atomic E-state index is 0.0996. The molecule has 0 aliphatic rings. The summed E-state index contributed by atoms with van der Waals surface area (Å²) in [5, 5.41) is 11.1. The Balaban J connectivity index is 2.51. The van der Waals surface area contributed by atoms with E-state index in [2.05, 4.69) is 11.2 Å². The number of hydrogen-bond donors (Lipinski definition) is 2. The zero-order chi connectivity index (χ0) is 15.8. The molecule has 0 aliphatic carbocycles. The number of benzene rings is 1. The van der Waals surface area contributed by atoms with Crippen molar-refractivity contribution in [2.24, 2.45) is 0 Å². The average Bonchev–Trinajstić information content (AvgIpc) is 2.36. The zero-order valence-corrected chi connectivity index (χ0v) is 11.1. The van der Waals surface area contributed by atoms with Crippen molar-refractivity contribution in [3.8, 4) is 12.3 Å². The number of aliphatic carboxylic acids is 1. The Hall–Kier alpha value is -2.62. The minimum atomic E-state index is -1.19. The summed E-state index contributed by atoms with van der Waals surface area (Å²) in [5.74, 6) is -0.404. The first kappa shape index (κ1) is 16.4. The van der Waals surface area contributed by atoms with Crippen LogP contribution >= 0.6 is 0 Å². The van der Waals surface area contributed by atoms with Crippen LogP contribution in [0.25, 0.3) is 0 Å². The molecular weight excluding hydrogens is 282 g/mol. The molecule has 0 radical (unpaired) electrons. The van der Waals surface area contributed by atoms with E-state index in [1.807, 2.05) is 0 Å². The number of carbonyl (C=O) groups is 2. The van der Waals surface area contributed by atoms with Gasteiger partial charge in [0.1, 0.15) is 18.2 Å². The molecule has 0 aromatic heterocycles. The fraction of sp³-hybridized carbons (Fsp3) is 0.286. The second-order valence-electron chi connectivity index (χ2n) is 4.21. The summed E-state index contributed by atoms with van der Waals surface area (Å²) in [4.78, 5) is 23.2. The van der Waals surface area contributed by atoms with E-state index in [9.17, 15) is 18.4 Å². The van der Waals surface area contributed by atoms with Gasteiger partial charge in [0.2, 0.25) is 0 Å². The number of nitrogens with zero attached hydrogens (tertiary/aromatic N) is 1. The number of terminal acetylenes is 1. The molecule has 0 bridgehead atoms. The van der Waals surface area contributed by atoms with Crippen LogP contribution in [0.3, 0.4) is 0 Å². The lowest BCUT2D eigenvalue weighted by atomic mass is 10.1. The Bertz CT molecular complexity index is 550. The summed E-state index contributed by atoms with van der Waals surface area (Å²) >= 11 is 0. The van der Waals surface area contributed by atoms with Gasteiger partial charge in [-0.1, -0.05) is 5.92 Å². The molecule has 21 heavy (non-hydrogen) atoms. The van der Waals surface area contributed by atoms with Crippen LogP contribution in [0.5, 0.6) is 0 Å². The molecule has 0 unspecified atom stereocenters. The molecule has 1 rings (SSSR count). The quantitative estimate of drug-likeness (QED) is 0.776. The fourth-order valence-corrected chi connectivity index (χ4v) is 1.65. The van der Waals surface area contributed by atoms with Crippen LogP contribution in [-0.2, 0) is 11.2 Å². The minimum Gasteiger partial charge on any atom is -0.480 e. The molecular formula is C14H14F2N2O3. The zero-order valence-electron chi connectivity index (χ0n) is 11.1. The first-order chi connectivity index (χ1) is 9.92. The number of hydrogen-bond acceptors (Lipinski definition) is 2. The van der Waals surface area contributed by atoms with E-state index < -0.39 is 30.2 Å². The molecule has 0 heterocycles. The highest BCUT2D eigenvalue weighted by Gasteiger charge is 2.15. The van der Waals surface area contributed by atoms with Gasteiger partial charge in [0.25, 0.3) is 0 Å². The Morgan fingerprint density at radius 2 is 1.90 bits per heavy atom. The number of rotatable bonds is 6. The molecule has 0 aliphatic heterocycles. The number of carboxylic acids is 1. The SMILES string of the molecule is C#CCN(CC(=O)O)C(=O)NCCc1cc(F)cc(F)c1. The van der Waals surface area contributed by atoms with Crippen molar-refractivity contribution in [2.45, 2.75) is 6.42 Å². The summed E-state index contributed by atoms with van der Waals surface area (Å²) in [6, 6.07) is 2.42. The topological polar surface area (TPSA) is 69.6 Å². The van der Waals surface area contributed by atoms with Crippen LogP contribution in [0.2, 0.25) is 0 Å². The number of halogens is 2. The number of carbonyl (C=O) groups excluding carboxylic acids is 1. The van der Waals surface area contributed by atoms with E-state index in [1.54, 1.807) is 0 Å². The normalized spacial score (nSPS) is 9.76. The molecule has 0 spiro atoms. The van der Waals surface area contributed by atoms with Crippen LogP contribution in [0.4, 0.5) is 13.6 Å². The van der Waals surface area contributed by atoms with Gasteiger partial charge in [-0.15, -0.1) is 6.42 Å². The molecule has 0 fully saturated rings. The molecule has 1 aromatic carbocycles. The van der Waals surface area contributed by atoms with Crippen molar-refractivity contribution >= 4 is 12.0 Å². The highest BCUT2D eigenvalue weighted by molar-refractivity contribution is 5.80. The van der Waals surface area contributed by atoms with E-state index in [0.717, 1.165) is 23.1 Å². The number of amides is 2. The summed E-state index contributed by atoms with van der Waals surface area (Å²) in [5.41, 5.74) is 0.384. The Kier molecular flexibility index (Phi) is 6.14. The van der Waals surface area contributed by atoms with Crippen molar-refractivity contribution in [1.29, 1.82) is 0 Å². The Labute approximate surface area is 120 Å². The molecule has 1 aromatic rings. The molecule has 7 heteroatoms. The first-order valence-electron chi connectivity index (χ1n) is 6.05. The van der Waals surface area contributed by atoms with Crippen molar-refractivity contribution in [2.75, 3.05) is 19.6 Å². The Morgan fingerprint density at radius 1 is 1.29 bits per heavy atom. The second-order valence-corrected chi connectivity index (χ2v) is 4.21. The van der Waals surface area contributed by atoms with Crippen molar-refractivity contribution in [3.05, 3.63) is 35.4 Å². The standard InChI is InChI=1S/C14H14F2N2O3/c1-2-5-18(9-13(19)20)14(21)17-4-3-10-6-11(15)8-12(16)7-10/h1,6-8H,3-5,9H2,(H,17,21)(H,19,20). The van der Waals surface area contributed by atoms with Crippen LogP contribution in [-0.4, -0.2) is 41.6 Å². The number of nitrogens with one attached hydrogen (secondary N) is 1. The van der Waals surface area contributed by atoms with Crippen LogP contribution in [0.15, 0.2) is 18.2 Å². The number of carboxylic acid groups (broad SMARTS) is 1. The van der Waals surface area contributed by atoms with Gasteiger partial charge < -0.3 is 15.3 Å². The van der Waals surface area contributed by atoms with Gasteiger partial charge in [-0.2, -0.15) is 0 Å². The van der Waals surface area contributed by atoms with Gasteiger partial charge in [-0.05, 0) is 24.1 Å². The predicted molar refractivity (Wildman–Crippen MR) is 71.5 cm³/mol. The first-order valence-corrected chi connectivity index (χ1v) is 6.05. The van der Waals surface area contributed by atoms with Gasteiger partial charge in [0, 0.05) is 12.6 Å². The van der Waals surface area contributed by atoms with E-state index in [4.69, 9.17) is 11.5 Å². The molecule has 5 nitrogen and oxygen atoms in total. The molecule has 112 valence electrons. The highest BCUT2D eigenvalue weighted by Crippen LogP contribution is 2.08. The van der Waals surface area contributed by atoms with Gasteiger partial charge in [0.15, 0.2) is 0 Å². The maximum atomic E-state index is 13.0.